The van der Waals surface area contributed by atoms with Crippen LogP contribution in [0, 0.1) is 0 Å². The zero-order chi connectivity index (χ0) is 13.1. The summed E-state index contributed by atoms with van der Waals surface area (Å²) in [6.45, 7) is 5.64. The molecule has 2 atom stereocenters. The minimum atomic E-state index is -0.137. The molecule has 2 heterocycles. The average Bonchev–Trinajstić information content (AvgIpc) is 2.31. The summed E-state index contributed by atoms with van der Waals surface area (Å²) in [6.07, 6.45) is 1.65. The lowest BCUT2D eigenvalue weighted by Gasteiger charge is -2.36. The molecular formula is C13H19N3O2. The van der Waals surface area contributed by atoms with Crippen molar-refractivity contribution in [3.8, 4) is 0 Å². The Labute approximate surface area is 106 Å². The first-order valence-electron chi connectivity index (χ1n) is 6.25. The molecule has 0 bridgehead atoms. The Balaban J connectivity index is 2.04. The predicted octanol–water partition coefficient (Wildman–Crippen LogP) is 0.0571. The summed E-state index contributed by atoms with van der Waals surface area (Å²) < 4.78 is 1.44. The fraction of sp³-hybridized carbons (Fsp3) is 0.538. The Kier molecular flexibility index (Phi) is 3.81. The van der Waals surface area contributed by atoms with Gasteiger partial charge in [0.2, 0.25) is 5.91 Å². The summed E-state index contributed by atoms with van der Waals surface area (Å²) in [7, 11) is 0. The third-order valence-corrected chi connectivity index (χ3v) is 3.11. The molecule has 1 aliphatic rings. The second kappa shape index (κ2) is 5.35. The van der Waals surface area contributed by atoms with E-state index in [2.05, 4.69) is 19.2 Å². The lowest BCUT2D eigenvalue weighted by Crippen LogP contribution is -2.56. The van der Waals surface area contributed by atoms with Crippen molar-refractivity contribution in [3.63, 3.8) is 0 Å². The first-order valence-corrected chi connectivity index (χ1v) is 6.25. The fourth-order valence-corrected chi connectivity index (χ4v) is 2.37. The quantitative estimate of drug-likeness (QED) is 0.806. The number of piperazine rings is 1. The smallest absolute Gasteiger partial charge is 0.250 e. The largest absolute Gasteiger partial charge is 0.338 e. The molecule has 98 valence electrons. The van der Waals surface area contributed by atoms with Crippen molar-refractivity contribution in [2.24, 2.45) is 0 Å². The normalized spacial score (nSPS) is 24.0. The van der Waals surface area contributed by atoms with Gasteiger partial charge in [0.25, 0.3) is 5.56 Å². The molecule has 0 aromatic carbocycles. The first-order chi connectivity index (χ1) is 8.56. The van der Waals surface area contributed by atoms with Crippen LogP contribution in [0.5, 0.6) is 0 Å². The monoisotopic (exact) mass is 249 g/mol. The summed E-state index contributed by atoms with van der Waals surface area (Å²) in [6, 6.07) is 5.50. The topological polar surface area (TPSA) is 54.3 Å². The average molecular weight is 249 g/mol. The van der Waals surface area contributed by atoms with E-state index in [0.29, 0.717) is 25.2 Å². The van der Waals surface area contributed by atoms with E-state index in [9.17, 15) is 9.59 Å². The summed E-state index contributed by atoms with van der Waals surface area (Å²) >= 11 is 0. The standard InChI is InChI=1S/C13H19N3O2/c1-10-7-16(8-11(2)14-10)13(18)9-15-6-4-3-5-12(15)17/h3-6,10-11,14H,7-9H2,1-2H3. The van der Waals surface area contributed by atoms with E-state index in [4.69, 9.17) is 0 Å². The molecule has 1 fully saturated rings. The van der Waals surface area contributed by atoms with Crippen LogP contribution in [0.4, 0.5) is 0 Å². The number of carbonyl (C=O) groups excluding carboxylic acids is 1. The molecule has 5 nitrogen and oxygen atoms in total. The molecule has 2 unspecified atom stereocenters. The zero-order valence-electron chi connectivity index (χ0n) is 10.8. The number of aromatic nitrogens is 1. The molecular weight excluding hydrogens is 230 g/mol. The van der Waals surface area contributed by atoms with Crippen molar-refractivity contribution in [1.82, 2.24) is 14.8 Å². The highest BCUT2D eigenvalue weighted by atomic mass is 16.2. The van der Waals surface area contributed by atoms with Gasteiger partial charge in [-0.25, -0.2) is 0 Å². The SMILES string of the molecule is CC1CN(C(=O)Cn2ccccc2=O)CC(C)N1. The molecule has 0 aliphatic carbocycles. The number of hydrogen-bond acceptors (Lipinski definition) is 3. The number of rotatable bonds is 2. The summed E-state index contributed by atoms with van der Waals surface area (Å²) in [4.78, 5) is 25.5. The first kappa shape index (κ1) is 12.8. The molecule has 18 heavy (non-hydrogen) atoms. The fourth-order valence-electron chi connectivity index (χ4n) is 2.37. The van der Waals surface area contributed by atoms with Gasteiger partial charge in [0.1, 0.15) is 6.54 Å². The lowest BCUT2D eigenvalue weighted by atomic mass is 10.1. The number of nitrogens with zero attached hydrogens (tertiary/aromatic N) is 2. The maximum atomic E-state index is 12.1. The highest BCUT2D eigenvalue weighted by molar-refractivity contribution is 5.76. The van der Waals surface area contributed by atoms with Gasteiger partial charge in [-0.2, -0.15) is 0 Å². The second-order valence-corrected chi connectivity index (χ2v) is 4.93. The van der Waals surface area contributed by atoms with Crippen LogP contribution < -0.4 is 10.9 Å². The molecule has 1 amide bonds. The maximum absolute atomic E-state index is 12.1. The van der Waals surface area contributed by atoms with Gasteiger partial charge >= 0.3 is 0 Å². The Morgan fingerprint density at radius 2 is 2.00 bits per heavy atom. The van der Waals surface area contributed by atoms with Crippen molar-refractivity contribution >= 4 is 5.91 Å². The number of pyridine rings is 1. The Hall–Kier alpha value is -1.62. The van der Waals surface area contributed by atoms with E-state index in [1.54, 1.807) is 18.3 Å². The molecule has 5 heteroatoms. The molecule has 0 saturated carbocycles. The van der Waals surface area contributed by atoms with Crippen LogP contribution in [0.3, 0.4) is 0 Å². The van der Waals surface area contributed by atoms with Gasteiger partial charge in [-0.15, -0.1) is 0 Å². The molecule has 1 aromatic rings. The van der Waals surface area contributed by atoms with Crippen molar-refractivity contribution in [3.05, 3.63) is 34.7 Å². The molecule has 0 radical (unpaired) electrons. The van der Waals surface area contributed by atoms with Crippen molar-refractivity contribution in [2.75, 3.05) is 13.1 Å². The third-order valence-electron chi connectivity index (χ3n) is 3.11. The van der Waals surface area contributed by atoms with Crippen molar-refractivity contribution in [1.29, 1.82) is 0 Å². The van der Waals surface area contributed by atoms with Crippen LogP contribution in [0.15, 0.2) is 29.2 Å². The molecule has 1 aliphatic heterocycles. The van der Waals surface area contributed by atoms with Crippen LogP contribution in [0.1, 0.15) is 13.8 Å². The Morgan fingerprint density at radius 3 is 2.61 bits per heavy atom. The van der Waals surface area contributed by atoms with Gasteiger partial charge < -0.3 is 14.8 Å². The minimum absolute atomic E-state index is 0.00324. The van der Waals surface area contributed by atoms with Crippen LogP contribution in [-0.4, -0.2) is 40.5 Å². The maximum Gasteiger partial charge on any atom is 0.250 e. The van der Waals surface area contributed by atoms with Crippen molar-refractivity contribution in [2.45, 2.75) is 32.5 Å². The lowest BCUT2D eigenvalue weighted by molar-refractivity contribution is -0.133. The van der Waals surface area contributed by atoms with Gasteiger partial charge in [-0.1, -0.05) is 6.07 Å². The second-order valence-electron chi connectivity index (χ2n) is 4.93. The van der Waals surface area contributed by atoms with E-state index >= 15 is 0 Å². The summed E-state index contributed by atoms with van der Waals surface area (Å²) in [5.41, 5.74) is -0.137. The predicted molar refractivity (Wildman–Crippen MR) is 69.3 cm³/mol. The van der Waals surface area contributed by atoms with Crippen LogP contribution in [0.2, 0.25) is 0 Å². The van der Waals surface area contributed by atoms with Gasteiger partial charge in [-0.05, 0) is 19.9 Å². The number of carbonyl (C=O) groups is 1. The van der Waals surface area contributed by atoms with E-state index in [1.165, 1.54) is 10.6 Å². The minimum Gasteiger partial charge on any atom is -0.338 e. The van der Waals surface area contributed by atoms with Crippen LogP contribution in [-0.2, 0) is 11.3 Å². The number of amides is 1. The van der Waals surface area contributed by atoms with Crippen molar-refractivity contribution < 1.29 is 4.79 Å². The van der Waals surface area contributed by atoms with Gasteiger partial charge in [-0.3, -0.25) is 9.59 Å². The zero-order valence-corrected chi connectivity index (χ0v) is 10.8. The summed E-state index contributed by atoms with van der Waals surface area (Å²) in [5.74, 6) is 0.00324. The molecule has 1 saturated heterocycles. The molecule has 1 N–H and O–H groups in total. The van der Waals surface area contributed by atoms with Crippen LogP contribution in [0.25, 0.3) is 0 Å². The Bertz CT molecular complexity index is 473. The molecule has 0 spiro atoms. The summed E-state index contributed by atoms with van der Waals surface area (Å²) in [5, 5.41) is 3.38. The molecule has 1 aromatic heterocycles. The number of nitrogens with one attached hydrogen (secondary N) is 1. The van der Waals surface area contributed by atoms with E-state index in [-0.39, 0.29) is 18.0 Å². The highest BCUT2D eigenvalue weighted by Gasteiger charge is 2.24. The van der Waals surface area contributed by atoms with E-state index < -0.39 is 0 Å². The highest BCUT2D eigenvalue weighted by Crippen LogP contribution is 2.05. The van der Waals surface area contributed by atoms with Gasteiger partial charge in [0.05, 0.1) is 0 Å². The van der Waals surface area contributed by atoms with Crippen LogP contribution >= 0.6 is 0 Å². The number of hydrogen-bond donors (Lipinski definition) is 1. The van der Waals surface area contributed by atoms with Gasteiger partial charge in [0.15, 0.2) is 0 Å². The third kappa shape index (κ3) is 2.98. The van der Waals surface area contributed by atoms with E-state index in [0.717, 1.165) is 0 Å². The van der Waals surface area contributed by atoms with Gasteiger partial charge in [0, 0.05) is 37.4 Å². The molecule has 2 rings (SSSR count). The Morgan fingerprint density at radius 1 is 1.33 bits per heavy atom. The van der Waals surface area contributed by atoms with E-state index in [1.807, 2.05) is 4.90 Å².